The van der Waals surface area contributed by atoms with Crippen LogP contribution in [0.15, 0.2) is 181 Å². The molecule has 9 rings (SSSR count). The van der Waals surface area contributed by atoms with Gasteiger partial charge >= 0.3 is 0 Å². The molecule has 0 bridgehead atoms. The Morgan fingerprint density at radius 1 is 0.260 bits per heavy atom. The molecule has 7 aromatic carbocycles. The van der Waals surface area contributed by atoms with E-state index in [1.165, 1.54) is 100 Å². The molecule has 0 fully saturated rings. The van der Waals surface area contributed by atoms with Gasteiger partial charge in [-0.15, -0.1) is 0 Å². The van der Waals surface area contributed by atoms with E-state index in [0.717, 1.165) is 0 Å². The van der Waals surface area contributed by atoms with Crippen LogP contribution in [0.3, 0.4) is 0 Å². The molecule has 50 heavy (non-hydrogen) atoms. The van der Waals surface area contributed by atoms with Crippen LogP contribution in [0.2, 0.25) is 0 Å². The zero-order valence-corrected chi connectivity index (χ0v) is 28.3. The van der Waals surface area contributed by atoms with Crippen molar-refractivity contribution in [2.75, 3.05) is 0 Å². The van der Waals surface area contributed by atoms with E-state index in [-0.39, 0.29) is 0 Å². The van der Waals surface area contributed by atoms with Gasteiger partial charge in [0.2, 0.25) is 0 Å². The lowest BCUT2D eigenvalue weighted by Crippen LogP contribution is -2.01. The fourth-order valence-electron chi connectivity index (χ4n) is 8.20. The monoisotopic (exact) mass is 636 g/mol. The summed E-state index contributed by atoms with van der Waals surface area (Å²) in [4.78, 5) is 0. The zero-order chi connectivity index (χ0) is 33.6. The summed E-state index contributed by atoms with van der Waals surface area (Å²) in [5.74, 6) is 0. The fourth-order valence-corrected chi connectivity index (χ4v) is 8.20. The van der Waals surface area contributed by atoms with E-state index in [1.807, 2.05) is 0 Å². The van der Waals surface area contributed by atoms with Gasteiger partial charge in [0.05, 0.1) is 0 Å². The van der Waals surface area contributed by atoms with Gasteiger partial charge in [-0.05, 0) is 120 Å². The molecule has 0 unspecified atom stereocenters. The largest absolute Gasteiger partial charge is 0.0622 e. The highest BCUT2D eigenvalue weighted by atomic mass is 14.4. The zero-order valence-electron chi connectivity index (χ0n) is 28.3. The predicted octanol–water partition coefficient (Wildman–Crippen LogP) is 13.2. The third-order valence-electron chi connectivity index (χ3n) is 10.4. The molecule has 0 radical (unpaired) electrons. The van der Waals surface area contributed by atoms with Crippen LogP contribution in [-0.4, -0.2) is 0 Å². The Labute approximate surface area is 295 Å². The summed E-state index contributed by atoms with van der Waals surface area (Å²) in [6.07, 6.45) is 2.49. The van der Waals surface area contributed by atoms with E-state index in [4.69, 9.17) is 0 Å². The predicted molar refractivity (Wildman–Crippen MR) is 213 cm³/mol. The molecule has 7 aromatic rings. The Bertz CT molecular complexity index is 2460. The highest BCUT2D eigenvalue weighted by Crippen LogP contribution is 2.60. The number of fused-ring (bicyclic) bond motifs is 3. The summed E-state index contributed by atoms with van der Waals surface area (Å²) < 4.78 is 0. The Balaban J connectivity index is 1.39. The Morgan fingerprint density at radius 3 is 1.10 bits per heavy atom. The molecule has 236 valence electrons. The molecule has 0 heteroatoms. The Kier molecular flexibility index (Phi) is 7.37. The van der Waals surface area contributed by atoms with Crippen LogP contribution in [0.25, 0.3) is 61.7 Å². The maximum Gasteiger partial charge on any atom is -0.00107 e. The van der Waals surface area contributed by atoms with Gasteiger partial charge in [-0.25, -0.2) is 0 Å². The molecule has 0 amide bonds. The van der Waals surface area contributed by atoms with Gasteiger partial charge in [-0.2, -0.15) is 0 Å². The van der Waals surface area contributed by atoms with E-state index in [0.29, 0.717) is 0 Å². The minimum absolute atomic E-state index is 1.22. The molecule has 0 heterocycles. The number of allylic oxidation sites excluding steroid dienone is 5. The van der Waals surface area contributed by atoms with Crippen LogP contribution < -0.4 is 0 Å². The molecule has 0 saturated carbocycles. The van der Waals surface area contributed by atoms with Crippen LogP contribution in [0.4, 0.5) is 0 Å². The van der Waals surface area contributed by atoms with Crippen molar-refractivity contribution >= 4 is 28.4 Å². The molecule has 0 aromatic heterocycles. The van der Waals surface area contributed by atoms with Crippen LogP contribution in [0, 0.1) is 13.8 Å². The highest BCUT2D eigenvalue weighted by molar-refractivity contribution is 6.38. The lowest BCUT2D eigenvalue weighted by atomic mass is 9.80. The van der Waals surface area contributed by atoms with Crippen molar-refractivity contribution in [3.63, 3.8) is 0 Å². The lowest BCUT2D eigenvalue weighted by Gasteiger charge is -2.23. The van der Waals surface area contributed by atoms with Crippen molar-refractivity contribution < 1.29 is 0 Å². The standard InChI is InChI=1S/C50H36/c1-33-42-32-43-47(39-24-14-6-15-25-39)48(40-26-16-7-17-27-40)49(41-30-28-36(29-31-41)35-18-8-3-9-19-35)50(43)46(42)34(2)45(38-22-12-5-13-23-38)44(33)37-20-10-4-11-21-37/h3-32H,1-2H3. The normalized spacial score (nSPS) is 13.4. The van der Waals surface area contributed by atoms with E-state index in [9.17, 15) is 0 Å². The van der Waals surface area contributed by atoms with Crippen LogP contribution >= 0.6 is 0 Å². The van der Waals surface area contributed by atoms with Gasteiger partial charge in [0.1, 0.15) is 0 Å². The summed E-state index contributed by atoms with van der Waals surface area (Å²) in [5.41, 5.74) is 23.1. The van der Waals surface area contributed by atoms with Crippen molar-refractivity contribution in [1.82, 2.24) is 0 Å². The van der Waals surface area contributed by atoms with Gasteiger partial charge < -0.3 is 0 Å². The Morgan fingerprint density at radius 2 is 0.600 bits per heavy atom. The molecule has 2 aliphatic rings. The molecule has 0 aliphatic heterocycles. The topological polar surface area (TPSA) is 0 Å². The van der Waals surface area contributed by atoms with Crippen molar-refractivity contribution in [3.8, 4) is 33.4 Å². The number of hydrogen-bond acceptors (Lipinski definition) is 0. The fraction of sp³-hybridized carbons (Fsp3) is 0.0400. The first kappa shape index (κ1) is 29.9. The average Bonchev–Trinajstić information content (AvgIpc) is 3.73. The quantitative estimate of drug-likeness (QED) is 0.170. The van der Waals surface area contributed by atoms with Crippen LogP contribution in [-0.2, 0) is 0 Å². The van der Waals surface area contributed by atoms with Crippen LogP contribution in [0.5, 0.6) is 0 Å². The SMILES string of the molecule is Cc1c2c(c(C)c(-c3ccccc3)c1-c1ccccc1)C1=C(c3ccc(-c4ccccc4)cc3)C(c3ccccc3)=C(c3ccccc3)C1=C2. The first-order chi connectivity index (χ1) is 24.7. The number of benzene rings is 7. The second-order valence-electron chi connectivity index (χ2n) is 13.3. The molecular weight excluding hydrogens is 601 g/mol. The van der Waals surface area contributed by atoms with Gasteiger partial charge in [-0.3, -0.25) is 0 Å². The highest BCUT2D eigenvalue weighted by Gasteiger charge is 2.38. The van der Waals surface area contributed by atoms with Crippen LogP contribution in [0.1, 0.15) is 38.9 Å². The van der Waals surface area contributed by atoms with Gasteiger partial charge in [0.15, 0.2) is 0 Å². The summed E-state index contributed by atoms with van der Waals surface area (Å²) in [6.45, 7) is 4.67. The van der Waals surface area contributed by atoms with Crippen molar-refractivity contribution in [1.29, 1.82) is 0 Å². The van der Waals surface area contributed by atoms with Crippen molar-refractivity contribution in [2.45, 2.75) is 13.8 Å². The van der Waals surface area contributed by atoms with Crippen molar-refractivity contribution in [2.24, 2.45) is 0 Å². The minimum atomic E-state index is 1.22. The molecule has 0 N–H and O–H groups in total. The van der Waals surface area contributed by atoms with E-state index < -0.39 is 0 Å². The maximum atomic E-state index is 2.49. The molecular formula is C50H36. The van der Waals surface area contributed by atoms with Crippen molar-refractivity contribution in [3.05, 3.63) is 220 Å². The number of rotatable bonds is 6. The maximum absolute atomic E-state index is 2.49. The van der Waals surface area contributed by atoms with Gasteiger partial charge in [-0.1, -0.05) is 176 Å². The van der Waals surface area contributed by atoms with E-state index >= 15 is 0 Å². The molecule has 0 nitrogen and oxygen atoms in total. The first-order valence-electron chi connectivity index (χ1n) is 17.5. The summed E-state index contributed by atoms with van der Waals surface area (Å²) >= 11 is 0. The van der Waals surface area contributed by atoms with E-state index in [1.54, 1.807) is 0 Å². The molecule has 0 spiro atoms. The summed E-state index contributed by atoms with van der Waals surface area (Å²) in [5, 5.41) is 0. The lowest BCUT2D eigenvalue weighted by molar-refractivity contribution is 1.35. The van der Waals surface area contributed by atoms with E-state index in [2.05, 4.69) is 196 Å². The minimum Gasteiger partial charge on any atom is -0.0622 e. The molecule has 0 atom stereocenters. The van der Waals surface area contributed by atoms with Gasteiger partial charge in [0.25, 0.3) is 0 Å². The van der Waals surface area contributed by atoms with Gasteiger partial charge in [0, 0.05) is 0 Å². The second kappa shape index (κ2) is 12.3. The third-order valence-corrected chi connectivity index (χ3v) is 10.4. The average molecular weight is 637 g/mol. The summed E-state index contributed by atoms with van der Waals surface area (Å²) in [6, 6.07) is 63.7. The first-order valence-corrected chi connectivity index (χ1v) is 17.5. The Hall–Kier alpha value is -6.24. The number of hydrogen-bond donors (Lipinski definition) is 0. The molecule has 2 aliphatic carbocycles. The third kappa shape index (κ3) is 4.84. The second-order valence-corrected chi connectivity index (χ2v) is 13.3. The smallest absolute Gasteiger partial charge is 0.00107 e. The molecule has 0 saturated heterocycles. The summed E-state index contributed by atoms with van der Waals surface area (Å²) in [7, 11) is 0.